The van der Waals surface area contributed by atoms with Crippen molar-refractivity contribution in [2.45, 2.75) is 59.2 Å². The molecule has 0 aliphatic rings. The van der Waals surface area contributed by atoms with E-state index in [2.05, 4.69) is 10.6 Å². The highest BCUT2D eigenvalue weighted by Gasteiger charge is 2.15. The van der Waals surface area contributed by atoms with Gasteiger partial charge < -0.3 is 10.6 Å². The third-order valence-electron chi connectivity index (χ3n) is 5.25. The summed E-state index contributed by atoms with van der Waals surface area (Å²) in [5.74, 6) is -0.414. The van der Waals surface area contributed by atoms with E-state index in [-0.39, 0.29) is 42.9 Å². The molecule has 0 radical (unpaired) electrons. The molecular weight excluding hydrogens is 420 g/mol. The lowest BCUT2D eigenvalue weighted by atomic mass is 10.2. The number of aromatic nitrogens is 2. The number of anilines is 1. The van der Waals surface area contributed by atoms with E-state index in [0.29, 0.717) is 23.7 Å². The molecule has 0 fully saturated rings. The zero-order valence-corrected chi connectivity index (χ0v) is 19.3. The molecule has 3 rings (SSSR count). The van der Waals surface area contributed by atoms with Crippen LogP contribution < -0.4 is 21.9 Å². The molecule has 1 aromatic heterocycles. The first kappa shape index (κ1) is 24.0. The molecule has 1 heterocycles. The molecule has 8 heteroatoms. The molecule has 0 bridgehead atoms. The second-order valence-electron chi connectivity index (χ2n) is 8.44. The third-order valence-corrected chi connectivity index (χ3v) is 5.25. The van der Waals surface area contributed by atoms with Gasteiger partial charge in [-0.05, 0) is 57.9 Å². The highest BCUT2D eigenvalue weighted by molar-refractivity contribution is 5.90. The van der Waals surface area contributed by atoms with Gasteiger partial charge in [0.25, 0.3) is 5.56 Å². The number of hydrogen-bond acceptors (Lipinski definition) is 4. The summed E-state index contributed by atoms with van der Waals surface area (Å²) in [6.07, 6.45) is 1.28. The third kappa shape index (κ3) is 6.19. The first-order valence-electron chi connectivity index (χ1n) is 11.1. The zero-order valence-electron chi connectivity index (χ0n) is 19.3. The van der Waals surface area contributed by atoms with Crippen LogP contribution in [0.1, 0.15) is 38.7 Å². The molecule has 0 aliphatic carbocycles. The maximum absolute atomic E-state index is 13.1. The number of para-hydroxylation sites is 1. The first-order chi connectivity index (χ1) is 15.8. The van der Waals surface area contributed by atoms with Crippen molar-refractivity contribution in [2.75, 3.05) is 5.32 Å². The standard InChI is InChI=1S/C25H30N4O4/c1-17(2)26-23(31)16-29-21-9-5-4-8-20(21)24(32)28(25(29)33)15-7-6-10-22(30)27-19-13-11-18(3)12-14-19/h4-5,8-9,11-14,17H,6-7,10,15-16H2,1-3H3,(H,26,31)(H,27,30). The van der Waals surface area contributed by atoms with Gasteiger partial charge in [-0.2, -0.15) is 0 Å². The second-order valence-corrected chi connectivity index (χ2v) is 8.44. The number of carbonyl (C=O) groups is 2. The van der Waals surface area contributed by atoms with Crippen LogP contribution in [0.5, 0.6) is 0 Å². The number of unbranched alkanes of at least 4 members (excludes halogenated alkanes) is 1. The maximum Gasteiger partial charge on any atom is 0.331 e. The van der Waals surface area contributed by atoms with E-state index in [4.69, 9.17) is 0 Å². The number of hydrogen-bond donors (Lipinski definition) is 2. The van der Waals surface area contributed by atoms with E-state index in [0.717, 1.165) is 15.8 Å². The lowest BCUT2D eigenvalue weighted by Gasteiger charge is -2.15. The van der Waals surface area contributed by atoms with Gasteiger partial charge in [-0.3, -0.25) is 23.5 Å². The summed E-state index contributed by atoms with van der Waals surface area (Å²) >= 11 is 0. The smallest absolute Gasteiger partial charge is 0.331 e. The largest absolute Gasteiger partial charge is 0.352 e. The Balaban J connectivity index is 1.71. The van der Waals surface area contributed by atoms with Gasteiger partial charge in [-0.15, -0.1) is 0 Å². The fourth-order valence-corrected chi connectivity index (χ4v) is 3.65. The summed E-state index contributed by atoms with van der Waals surface area (Å²) in [6, 6.07) is 14.3. The molecule has 2 N–H and O–H groups in total. The highest BCUT2D eigenvalue weighted by atomic mass is 16.2. The number of carbonyl (C=O) groups excluding carboxylic acids is 2. The van der Waals surface area contributed by atoms with Crippen molar-refractivity contribution in [3.05, 3.63) is 74.9 Å². The molecule has 2 aromatic carbocycles. The van der Waals surface area contributed by atoms with Gasteiger partial charge in [0.05, 0.1) is 10.9 Å². The lowest BCUT2D eigenvalue weighted by Crippen LogP contribution is -2.43. The van der Waals surface area contributed by atoms with Crippen molar-refractivity contribution < 1.29 is 9.59 Å². The van der Waals surface area contributed by atoms with E-state index in [1.165, 1.54) is 4.57 Å². The first-order valence-corrected chi connectivity index (χ1v) is 11.1. The summed E-state index contributed by atoms with van der Waals surface area (Å²) in [6.45, 7) is 5.66. The minimum absolute atomic E-state index is 0.0589. The molecular formula is C25H30N4O4. The monoisotopic (exact) mass is 450 g/mol. The Hall–Kier alpha value is -3.68. The van der Waals surface area contributed by atoms with Crippen molar-refractivity contribution in [2.24, 2.45) is 0 Å². The molecule has 8 nitrogen and oxygen atoms in total. The van der Waals surface area contributed by atoms with E-state index in [9.17, 15) is 19.2 Å². The van der Waals surface area contributed by atoms with Crippen LogP contribution in [0.4, 0.5) is 5.69 Å². The highest BCUT2D eigenvalue weighted by Crippen LogP contribution is 2.11. The summed E-state index contributed by atoms with van der Waals surface area (Å²) in [4.78, 5) is 50.5. The van der Waals surface area contributed by atoms with Crippen LogP contribution in [0.3, 0.4) is 0 Å². The number of aryl methyl sites for hydroxylation is 1. The second kappa shape index (κ2) is 10.8. The summed E-state index contributed by atoms with van der Waals surface area (Å²) in [5, 5.41) is 6.00. The van der Waals surface area contributed by atoms with Crippen LogP contribution in [0.25, 0.3) is 10.9 Å². The Morgan fingerprint density at radius 3 is 2.30 bits per heavy atom. The zero-order chi connectivity index (χ0) is 24.0. The van der Waals surface area contributed by atoms with E-state index in [1.807, 2.05) is 45.0 Å². The maximum atomic E-state index is 13.1. The molecule has 33 heavy (non-hydrogen) atoms. The minimum atomic E-state index is -0.526. The van der Waals surface area contributed by atoms with Crippen LogP contribution in [0.15, 0.2) is 58.1 Å². The Morgan fingerprint density at radius 1 is 0.909 bits per heavy atom. The topological polar surface area (TPSA) is 102 Å². The van der Waals surface area contributed by atoms with Gasteiger partial charge in [0.1, 0.15) is 6.54 Å². The van der Waals surface area contributed by atoms with Crippen molar-refractivity contribution in [1.82, 2.24) is 14.5 Å². The number of nitrogens with zero attached hydrogens (tertiary/aromatic N) is 2. The normalized spacial score (nSPS) is 11.0. The number of fused-ring (bicyclic) bond motifs is 1. The van der Waals surface area contributed by atoms with Crippen molar-refractivity contribution in [3.8, 4) is 0 Å². The Bertz CT molecular complexity index is 1260. The molecule has 0 saturated heterocycles. The summed E-state index contributed by atoms with van der Waals surface area (Å²) in [5.41, 5.74) is 1.36. The SMILES string of the molecule is Cc1ccc(NC(=O)CCCCn2c(=O)c3ccccc3n(CC(=O)NC(C)C)c2=O)cc1. The fraction of sp³-hybridized carbons (Fsp3) is 0.360. The molecule has 0 saturated carbocycles. The van der Waals surface area contributed by atoms with Crippen molar-refractivity contribution in [1.29, 1.82) is 0 Å². The number of amides is 2. The molecule has 0 atom stereocenters. The van der Waals surface area contributed by atoms with Crippen LogP contribution in [0, 0.1) is 6.92 Å². The van der Waals surface area contributed by atoms with Crippen LogP contribution >= 0.6 is 0 Å². The molecule has 3 aromatic rings. The molecule has 0 spiro atoms. The molecule has 174 valence electrons. The van der Waals surface area contributed by atoms with E-state index < -0.39 is 5.69 Å². The van der Waals surface area contributed by atoms with Gasteiger partial charge >= 0.3 is 5.69 Å². The summed E-state index contributed by atoms with van der Waals surface area (Å²) in [7, 11) is 0. The van der Waals surface area contributed by atoms with Gasteiger partial charge in [-0.25, -0.2) is 4.79 Å². The number of benzene rings is 2. The van der Waals surface area contributed by atoms with Crippen molar-refractivity contribution >= 4 is 28.4 Å². The quantitative estimate of drug-likeness (QED) is 0.490. The van der Waals surface area contributed by atoms with Gasteiger partial charge in [0.15, 0.2) is 0 Å². The lowest BCUT2D eigenvalue weighted by molar-refractivity contribution is -0.122. The van der Waals surface area contributed by atoms with Gasteiger partial charge in [0.2, 0.25) is 11.8 Å². The van der Waals surface area contributed by atoms with Gasteiger partial charge in [-0.1, -0.05) is 29.8 Å². The van der Waals surface area contributed by atoms with Crippen LogP contribution in [0.2, 0.25) is 0 Å². The van der Waals surface area contributed by atoms with E-state index >= 15 is 0 Å². The number of rotatable bonds is 9. The molecule has 0 aliphatic heterocycles. The van der Waals surface area contributed by atoms with Crippen LogP contribution in [-0.4, -0.2) is 27.0 Å². The predicted molar refractivity (Wildman–Crippen MR) is 129 cm³/mol. The minimum Gasteiger partial charge on any atom is -0.352 e. The Labute approximate surface area is 192 Å². The Morgan fingerprint density at radius 2 is 1.61 bits per heavy atom. The average molecular weight is 451 g/mol. The van der Waals surface area contributed by atoms with Crippen LogP contribution in [-0.2, 0) is 22.7 Å². The van der Waals surface area contributed by atoms with Gasteiger partial charge in [0, 0.05) is 24.7 Å². The Kier molecular flexibility index (Phi) is 7.82. The summed E-state index contributed by atoms with van der Waals surface area (Å²) < 4.78 is 2.49. The number of nitrogens with one attached hydrogen (secondary N) is 2. The van der Waals surface area contributed by atoms with Crippen molar-refractivity contribution in [3.63, 3.8) is 0 Å². The average Bonchev–Trinajstić information content (AvgIpc) is 2.77. The molecule has 0 unspecified atom stereocenters. The predicted octanol–water partition coefficient (Wildman–Crippen LogP) is 2.81. The molecule has 2 amide bonds. The van der Waals surface area contributed by atoms with E-state index in [1.54, 1.807) is 24.3 Å². The fourth-order valence-electron chi connectivity index (χ4n) is 3.65.